The number of hydrogen-bond donors (Lipinski definition) is 2. The van der Waals surface area contributed by atoms with Gasteiger partial charge in [-0.15, -0.1) is 0 Å². The highest BCUT2D eigenvalue weighted by atomic mass is 16.4. The zero-order valence-corrected chi connectivity index (χ0v) is 10.9. The van der Waals surface area contributed by atoms with Gasteiger partial charge in [-0.25, -0.2) is 9.78 Å². The molecule has 0 spiro atoms. The molecule has 0 saturated heterocycles. The molecule has 0 aliphatic heterocycles. The van der Waals surface area contributed by atoms with Gasteiger partial charge in [-0.05, 0) is 18.2 Å². The van der Waals surface area contributed by atoms with E-state index in [1.165, 1.54) is 6.08 Å². The minimum Gasteiger partial charge on any atom is -0.478 e. The number of carboxylic acid groups (broad SMARTS) is 1. The fourth-order valence-corrected chi connectivity index (χ4v) is 1.90. The van der Waals surface area contributed by atoms with Crippen LogP contribution in [0.4, 0.5) is 5.82 Å². The quantitative estimate of drug-likeness (QED) is 0.766. The Labute approximate surface area is 114 Å². The number of carbonyl (C=O) groups excluding carboxylic acids is 1. The Balaban J connectivity index is 2.54. The third-order valence-electron chi connectivity index (χ3n) is 2.69. The first-order valence-electron chi connectivity index (χ1n) is 5.86. The Hall–Kier alpha value is -2.83. The third kappa shape index (κ3) is 2.77. The van der Waals surface area contributed by atoms with Crippen molar-refractivity contribution in [3.8, 4) is 0 Å². The van der Waals surface area contributed by atoms with Gasteiger partial charge < -0.3 is 15.7 Å². The third-order valence-corrected chi connectivity index (χ3v) is 2.69. The van der Waals surface area contributed by atoms with Crippen LogP contribution in [0.3, 0.4) is 0 Å². The average molecular weight is 274 g/mol. The number of aliphatic carboxylic acids is 1. The Bertz CT molecular complexity index is 690. The van der Waals surface area contributed by atoms with Crippen LogP contribution in [0.25, 0.3) is 11.7 Å². The molecular formula is C13H14N4O3. The van der Waals surface area contributed by atoms with Crippen molar-refractivity contribution in [3.63, 3.8) is 0 Å². The number of anilines is 1. The molecule has 20 heavy (non-hydrogen) atoms. The van der Waals surface area contributed by atoms with Crippen LogP contribution in [0.1, 0.15) is 5.69 Å². The molecule has 1 amide bonds. The highest BCUT2D eigenvalue weighted by Crippen LogP contribution is 2.22. The van der Waals surface area contributed by atoms with E-state index in [-0.39, 0.29) is 6.54 Å². The molecule has 0 saturated carbocycles. The van der Waals surface area contributed by atoms with Crippen LogP contribution < -0.4 is 10.6 Å². The van der Waals surface area contributed by atoms with Crippen LogP contribution in [-0.2, 0) is 9.59 Å². The van der Waals surface area contributed by atoms with Crippen molar-refractivity contribution in [2.24, 2.45) is 5.73 Å². The highest BCUT2D eigenvalue weighted by Gasteiger charge is 2.15. The van der Waals surface area contributed by atoms with Crippen LogP contribution >= 0.6 is 0 Å². The molecule has 2 rings (SSSR count). The number of imidazole rings is 1. The van der Waals surface area contributed by atoms with E-state index in [1.807, 2.05) is 12.1 Å². The first-order valence-corrected chi connectivity index (χ1v) is 5.86. The van der Waals surface area contributed by atoms with Crippen LogP contribution in [0.15, 0.2) is 30.5 Å². The Kier molecular flexibility index (Phi) is 3.69. The van der Waals surface area contributed by atoms with Crippen LogP contribution in [0, 0.1) is 0 Å². The molecule has 0 unspecified atom stereocenters. The lowest BCUT2D eigenvalue weighted by Crippen LogP contribution is -2.31. The second kappa shape index (κ2) is 5.43. The summed E-state index contributed by atoms with van der Waals surface area (Å²) in [5, 5.41) is 8.76. The Morgan fingerprint density at radius 2 is 2.25 bits per heavy atom. The van der Waals surface area contributed by atoms with Gasteiger partial charge in [0.2, 0.25) is 5.91 Å². The molecule has 0 aromatic carbocycles. The number of rotatable bonds is 5. The van der Waals surface area contributed by atoms with Gasteiger partial charge in [0, 0.05) is 19.3 Å². The molecule has 0 radical (unpaired) electrons. The summed E-state index contributed by atoms with van der Waals surface area (Å²) in [5.41, 5.74) is 6.40. The molecule has 3 N–H and O–H groups in total. The summed E-state index contributed by atoms with van der Waals surface area (Å²) in [6.07, 6.45) is 4.23. The van der Waals surface area contributed by atoms with Crippen LogP contribution in [0.2, 0.25) is 0 Å². The zero-order valence-electron chi connectivity index (χ0n) is 10.9. The molecule has 2 heterocycles. The maximum atomic E-state index is 11.0. The molecule has 2 aromatic heterocycles. The largest absolute Gasteiger partial charge is 0.478 e. The number of aromatic nitrogens is 2. The number of amides is 1. The number of nitrogens with zero attached hydrogens (tertiary/aromatic N) is 3. The van der Waals surface area contributed by atoms with E-state index in [0.717, 1.165) is 6.08 Å². The second-order valence-electron chi connectivity index (χ2n) is 4.24. The normalized spacial score (nSPS) is 11.1. The predicted molar refractivity (Wildman–Crippen MR) is 74.3 cm³/mol. The first-order chi connectivity index (χ1) is 9.49. The lowest BCUT2D eigenvalue weighted by molar-refractivity contribution is -0.131. The van der Waals surface area contributed by atoms with Crippen molar-refractivity contribution in [3.05, 3.63) is 36.2 Å². The standard InChI is InChI=1S/C13H14N4O3/c1-16(8-10(14)18)13-9(5-6-12(19)20)17-7-3-2-4-11(17)15-13/h2-7H,8H2,1H3,(H2,14,18)(H,19,20)/b6-5+. The maximum absolute atomic E-state index is 11.0. The van der Waals surface area contributed by atoms with Crippen molar-refractivity contribution in [2.75, 3.05) is 18.5 Å². The van der Waals surface area contributed by atoms with Gasteiger partial charge in [-0.2, -0.15) is 0 Å². The number of carbonyl (C=O) groups is 2. The van der Waals surface area contributed by atoms with Crippen LogP contribution in [0.5, 0.6) is 0 Å². The molecular weight excluding hydrogens is 260 g/mol. The summed E-state index contributed by atoms with van der Waals surface area (Å²) in [6.45, 7) is -0.00219. The van der Waals surface area contributed by atoms with E-state index in [0.29, 0.717) is 17.2 Å². The van der Waals surface area contributed by atoms with Crippen molar-refractivity contribution in [1.29, 1.82) is 0 Å². The molecule has 0 fully saturated rings. The van der Waals surface area contributed by atoms with E-state index in [9.17, 15) is 9.59 Å². The van der Waals surface area contributed by atoms with Gasteiger partial charge in [0.1, 0.15) is 5.65 Å². The SMILES string of the molecule is CN(CC(N)=O)c1nc2ccccn2c1/C=C/C(=O)O. The first kappa shape index (κ1) is 13.6. The second-order valence-corrected chi connectivity index (χ2v) is 4.24. The van der Waals surface area contributed by atoms with Crippen molar-refractivity contribution in [2.45, 2.75) is 0 Å². The number of carboxylic acids is 1. The molecule has 0 atom stereocenters. The summed E-state index contributed by atoms with van der Waals surface area (Å²) in [6, 6.07) is 5.43. The summed E-state index contributed by atoms with van der Waals surface area (Å²) in [7, 11) is 1.67. The number of pyridine rings is 1. The van der Waals surface area contributed by atoms with E-state index < -0.39 is 11.9 Å². The Morgan fingerprint density at radius 3 is 2.90 bits per heavy atom. The average Bonchev–Trinajstić information content (AvgIpc) is 2.74. The van der Waals surface area contributed by atoms with Gasteiger partial charge in [-0.1, -0.05) is 6.07 Å². The van der Waals surface area contributed by atoms with E-state index in [1.54, 1.807) is 28.6 Å². The number of hydrogen-bond acceptors (Lipinski definition) is 4. The fourth-order valence-electron chi connectivity index (χ4n) is 1.90. The highest BCUT2D eigenvalue weighted by molar-refractivity contribution is 5.87. The predicted octanol–water partition coefficient (Wildman–Crippen LogP) is 0.354. The van der Waals surface area contributed by atoms with E-state index in [4.69, 9.17) is 10.8 Å². The summed E-state index contributed by atoms with van der Waals surface area (Å²) < 4.78 is 1.74. The minimum absolute atomic E-state index is 0.00219. The summed E-state index contributed by atoms with van der Waals surface area (Å²) in [5.74, 6) is -1.05. The number of fused-ring (bicyclic) bond motifs is 1. The number of likely N-dealkylation sites (N-methyl/N-ethyl adjacent to an activating group) is 1. The summed E-state index contributed by atoms with van der Waals surface area (Å²) >= 11 is 0. The van der Waals surface area contributed by atoms with Gasteiger partial charge >= 0.3 is 5.97 Å². The lowest BCUT2D eigenvalue weighted by atomic mass is 10.3. The number of nitrogens with two attached hydrogens (primary N) is 1. The van der Waals surface area contributed by atoms with Crippen molar-refractivity contribution in [1.82, 2.24) is 9.38 Å². The lowest BCUT2D eigenvalue weighted by Gasteiger charge is -2.14. The monoisotopic (exact) mass is 274 g/mol. The summed E-state index contributed by atoms with van der Waals surface area (Å²) in [4.78, 5) is 27.7. The van der Waals surface area contributed by atoms with Gasteiger partial charge in [-0.3, -0.25) is 9.20 Å². The molecule has 0 aliphatic rings. The minimum atomic E-state index is -1.06. The Morgan fingerprint density at radius 1 is 1.50 bits per heavy atom. The molecule has 0 aliphatic carbocycles. The molecule has 7 nitrogen and oxygen atoms in total. The fraction of sp³-hybridized carbons (Fsp3) is 0.154. The van der Waals surface area contributed by atoms with E-state index in [2.05, 4.69) is 4.98 Å². The van der Waals surface area contributed by atoms with E-state index >= 15 is 0 Å². The molecule has 7 heteroatoms. The van der Waals surface area contributed by atoms with Gasteiger partial charge in [0.25, 0.3) is 0 Å². The maximum Gasteiger partial charge on any atom is 0.328 e. The van der Waals surface area contributed by atoms with Crippen LogP contribution in [-0.4, -0.2) is 40.0 Å². The zero-order chi connectivity index (χ0) is 14.7. The smallest absolute Gasteiger partial charge is 0.328 e. The molecule has 0 bridgehead atoms. The molecule has 2 aromatic rings. The van der Waals surface area contributed by atoms with Crippen molar-refractivity contribution < 1.29 is 14.7 Å². The topological polar surface area (TPSA) is 101 Å². The van der Waals surface area contributed by atoms with Crippen molar-refractivity contribution >= 4 is 29.4 Å². The molecule has 104 valence electrons. The number of primary amides is 1. The van der Waals surface area contributed by atoms with Gasteiger partial charge in [0.05, 0.1) is 12.2 Å². The van der Waals surface area contributed by atoms with Gasteiger partial charge in [0.15, 0.2) is 5.82 Å².